The first-order valence-electron chi connectivity index (χ1n) is 16.7. The van der Waals surface area contributed by atoms with Crippen molar-refractivity contribution in [3.05, 3.63) is 185 Å². The van der Waals surface area contributed by atoms with Crippen LogP contribution in [-0.4, -0.2) is 14.8 Å². The van der Waals surface area contributed by atoms with Gasteiger partial charge in [0.05, 0.1) is 5.69 Å². The summed E-state index contributed by atoms with van der Waals surface area (Å²) in [5.41, 5.74) is 10.2. The summed E-state index contributed by atoms with van der Waals surface area (Å²) in [7, 11) is 0. The highest BCUT2D eigenvalue weighted by atomic mass is 15.3. The van der Waals surface area contributed by atoms with Crippen LogP contribution in [0.5, 0.6) is 0 Å². The molecule has 0 saturated carbocycles. The number of nitrogens with zero attached hydrogens (tertiary/aromatic N) is 3. The molecule has 1 heterocycles. The van der Waals surface area contributed by atoms with E-state index in [0.29, 0.717) is 0 Å². The third-order valence-corrected chi connectivity index (χ3v) is 9.06. The summed E-state index contributed by atoms with van der Waals surface area (Å²) in [5, 5.41) is 14.4. The number of fused-ring (bicyclic) bond motifs is 2. The fraction of sp³-hybridized carbons (Fsp3) is 0.0435. The summed E-state index contributed by atoms with van der Waals surface area (Å²) < 4.78 is 2.25. The van der Waals surface area contributed by atoms with Crippen molar-refractivity contribution in [2.75, 3.05) is 0 Å². The average Bonchev–Trinajstić information content (AvgIpc) is 3.58. The van der Waals surface area contributed by atoms with Crippen LogP contribution in [0.2, 0.25) is 0 Å². The Morgan fingerprint density at radius 1 is 0.408 bits per heavy atom. The van der Waals surface area contributed by atoms with Crippen molar-refractivity contribution in [3.8, 4) is 28.5 Å². The molecule has 0 saturated heterocycles. The maximum Gasteiger partial charge on any atom is 0.168 e. The Labute approximate surface area is 287 Å². The van der Waals surface area contributed by atoms with Gasteiger partial charge in [-0.1, -0.05) is 181 Å². The van der Waals surface area contributed by atoms with Crippen molar-refractivity contribution in [2.45, 2.75) is 13.8 Å². The smallest absolute Gasteiger partial charge is 0.168 e. The van der Waals surface area contributed by atoms with Gasteiger partial charge in [0.2, 0.25) is 0 Å². The molecule has 0 radical (unpaired) electrons. The summed E-state index contributed by atoms with van der Waals surface area (Å²) in [6, 6.07) is 53.7. The van der Waals surface area contributed by atoms with Gasteiger partial charge in [-0.2, -0.15) is 0 Å². The predicted octanol–water partition coefficient (Wildman–Crippen LogP) is 11.9. The van der Waals surface area contributed by atoms with Crippen molar-refractivity contribution < 1.29 is 0 Å². The minimum Gasteiger partial charge on any atom is -0.274 e. The molecule has 7 aromatic carbocycles. The number of aromatic nitrogens is 3. The molecular weight excluding hydrogens is 595 g/mol. The molecule has 1 aromatic heterocycles. The highest BCUT2D eigenvalue weighted by Gasteiger charge is 2.21. The first kappa shape index (κ1) is 30.0. The van der Waals surface area contributed by atoms with E-state index in [2.05, 4.69) is 194 Å². The summed E-state index contributed by atoms with van der Waals surface area (Å²) >= 11 is 0. The van der Waals surface area contributed by atoms with Crippen LogP contribution in [0.4, 0.5) is 0 Å². The van der Waals surface area contributed by atoms with Crippen LogP contribution in [0.1, 0.15) is 33.4 Å². The van der Waals surface area contributed by atoms with Gasteiger partial charge in [0.15, 0.2) is 11.6 Å². The quantitative estimate of drug-likeness (QED) is 0.130. The minimum atomic E-state index is 0.800. The highest BCUT2D eigenvalue weighted by molar-refractivity contribution is 6.08. The van der Waals surface area contributed by atoms with E-state index in [1.165, 1.54) is 33.0 Å². The van der Waals surface area contributed by atoms with Gasteiger partial charge < -0.3 is 0 Å². The zero-order chi connectivity index (χ0) is 33.2. The normalized spacial score (nSPS) is 11.7. The summed E-state index contributed by atoms with van der Waals surface area (Å²) in [5.74, 6) is 1.60. The highest BCUT2D eigenvalue weighted by Crippen LogP contribution is 2.37. The fourth-order valence-corrected chi connectivity index (χ4v) is 6.33. The molecule has 0 aliphatic carbocycles. The molecule has 0 atom stereocenters. The van der Waals surface area contributed by atoms with E-state index in [-0.39, 0.29) is 0 Å². The third kappa shape index (κ3) is 6.22. The van der Waals surface area contributed by atoms with E-state index in [9.17, 15) is 0 Å². The van der Waals surface area contributed by atoms with Crippen LogP contribution in [0.3, 0.4) is 0 Å². The van der Waals surface area contributed by atoms with Crippen molar-refractivity contribution in [1.29, 1.82) is 0 Å². The molecule has 0 unspecified atom stereocenters. The van der Waals surface area contributed by atoms with E-state index in [1.54, 1.807) is 0 Å². The summed E-state index contributed by atoms with van der Waals surface area (Å²) in [6.45, 7) is 4.22. The van der Waals surface area contributed by atoms with Crippen LogP contribution in [0.15, 0.2) is 152 Å². The zero-order valence-electron chi connectivity index (χ0n) is 27.6. The Balaban J connectivity index is 1.24. The molecule has 234 valence electrons. The molecular formula is C46H35N3. The van der Waals surface area contributed by atoms with Crippen LogP contribution < -0.4 is 0 Å². The SMILES string of the molecule is Cc1ccc(C=Cc2ccc(-c3nnc(-c4ccc(C=Cc5ccc(C)cc5)cc4)n3-c3c4ccccc4cc4ccccc34)cc2)cc1. The summed E-state index contributed by atoms with van der Waals surface area (Å²) in [6.07, 6.45) is 8.60. The number of hydrogen-bond acceptors (Lipinski definition) is 2. The average molecular weight is 630 g/mol. The van der Waals surface area contributed by atoms with Crippen molar-refractivity contribution in [1.82, 2.24) is 14.8 Å². The van der Waals surface area contributed by atoms with Gasteiger partial charge in [-0.05, 0) is 52.9 Å². The number of aryl methyl sites for hydroxylation is 2. The molecule has 0 fully saturated rings. The monoisotopic (exact) mass is 629 g/mol. The lowest BCUT2D eigenvalue weighted by Crippen LogP contribution is -2.03. The maximum absolute atomic E-state index is 4.87. The Morgan fingerprint density at radius 3 is 1.14 bits per heavy atom. The predicted molar refractivity (Wildman–Crippen MR) is 207 cm³/mol. The Bertz CT molecular complexity index is 2290. The lowest BCUT2D eigenvalue weighted by molar-refractivity contribution is 1.10. The number of rotatable bonds is 7. The number of benzene rings is 7. The minimum absolute atomic E-state index is 0.800. The topological polar surface area (TPSA) is 30.7 Å². The molecule has 49 heavy (non-hydrogen) atoms. The molecule has 3 heteroatoms. The van der Waals surface area contributed by atoms with E-state index in [0.717, 1.165) is 50.4 Å². The molecule has 0 bridgehead atoms. The first-order valence-corrected chi connectivity index (χ1v) is 16.7. The van der Waals surface area contributed by atoms with E-state index < -0.39 is 0 Å². The van der Waals surface area contributed by atoms with E-state index in [4.69, 9.17) is 10.2 Å². The van der Waals surface area contributed by atoms with Crippen molar-refractivity contribution >= 4 is 45.8 Å². The second-order valence-electron chi connectivity index (χ2n) is 12.6. The molecule has 3 nitrogen and oxygen atoms in total. The lowest BCUT2D eigenvalue weighted by atomic mass is 10.00. The van der Waals surface area contributed by atoms with Gasteiger partial charge in [0, 0.05) is 21.9 Å². The Morgan fingerprint density at radius 2 is 0.755 bits per heavy atom. The van der Waals surface area contributed by atoms with Gasteiger partial charge >= 0.3 is 0 Å². The van der Waals surface area contributed by atoms with Gasteiger partial charge in [0.1, 0.15) is 0 Å². The molecule has 0 aliphatic heterocycles. The zero-order valence-corrected chi connectivity index (χ0v) is 27.6. The molecule has 0 amide bonds. The molecule has 8 aromatic rings. The molecule has 0 N–H and O–H groups in total. The number of hydrogen-bond donors (Lipinski definition) is 0. The van der Waals surface area contributed by atoms with E-state index >= 15 is 0 Å². The van der Waals surface area contributed by atoms with Gasteiger partial charge in [-0.3, -0.25) is 4.57 Å². The summed E-state index contributed by atoms with van der Waals surface area (Å²) in [4.78, 5) is 0. The second kappa shape index (κ2) is 13.1. The molecule has 0 spiro atoms. The largest absolute Gasteiger partial charge is 0.274 e. The third-order valence-electron chi connectivity index (χ3n) is 9.06. The standard InChI is InChI=1S/C46H35N3/c1-32-11-15-34(16-12-32)19-21-36-23-27-38(28-24-36)45-47-48-46(39-29-25-37(26-30-39)22-20-35-17-13-33(2)14-18-35)49(45)44-42-9-5-3-7-40(42)31-41-8-4-6-10-43(41)44/h3-31H,1-2H3. The molecule has 0 aliphatic rings. The van der Waals surface area contributed by atoms with Gasteiger partial charge in [-0.15, -0.1) is 10.2 Å². The second-order valence-corrected chi connectivity index (χ2v) is 12.6. The van der Waals surface area contributed by atoms with Gasteiger partial charge in [-0.25, -0.2) is 0 Å². The van der Waals surface area contributed by atoms with E-state index in [1.807, 2.05) is 0 Å². The fourth-order valence-electron chi connectivity index (χ4n) is 6.33. The van der Waals surface area contributed by atoms with Crippen LogP contribution in [-0.2, 0) is 0 Å². The Hall–Kier alpha value is -6.32. The van der Waals surface area contributed by atoms with Crippen molar-refractivity contribution in [2.24, 2.45) is 0 Å². The maximum atomic E-state index is 4.87. The Kier molecular flexibility index (Phi) is 8.01. The van der Waals surface area contributed by atoms with Gasteiger partial charge in [0.25, 0.3) is 0 Å². The van der Waals surface area contributed by atoms with Crippen LogP contribution in [0.25, 0.3) is 74.3 Å². The first-order chi connectivity index (χ1) is 24.1. The van der Waals surface area contributed by atoms with Crippen LogP contribution >= 0.6 is 0 Å². The van der Waals surface area contributed by atoms with Crippen LogP contribution in [0, 0.1) is 13.8 Å². The molecule has 8 rings (SSSR count). The lowest BCUT2D eigenvalue weighted by Gasteiger charge is -2.17. The van der Waals surface area contributed by atoms with Crippen molar-refractivity contribution in [3.63, 3.8) is 0 Å².